The summed E-state index contributed by atoms with van der Waals surface area (Å²) in [6.45, 7) is 3.61. The summed E-state index contributed by atoms with van der Waals surface area (Å²) >= 11 is 0. The summed E-state index contributed by atoms with van der Waals surface area (Å²) in [6, 6.07) is 7.10. The lowest BCUT2D eigenvalue weighted by molar-refractivity contribution is 0.0573. The third-order valence-corrected chi connectivity index (χ3v) is 3.48. The van der Waals surface area contributed by atoms with Gasteiger partial charge in [-0.3, -0.25) is 0 Å². The second kappa shape index (κ2) is 6.43. The summed E-state index contributed by atoms with van der Waals surface area (Å²) in [5.41, 5.74) is 7.01. The lowest BCUT2D eigenvalue weighted by Gasteiger charge is -2.28. The fourth-order valence-corrected chi connectivity index (χ4v) is 2.32. The number of nitrogen functional groups attached to an aromatic ring is 1. The average Bonchev–Trinajstić information content (AvgIpc) is 2.39. The second-order valence-electron chi connectivity index (χ2n) is 4.96. The lowest BCUT2D eigenvalue weighted by atomic mass is 9.93. The average molecular weight is 263 g/mol. The van der Waals surface area contributed by atoms with E-state index in [4.69, 9.17) is 10.5 Å². The Morgan fingerprint density at radius 2 is 2.16 bits per heavy atom. The van der Waals surface area contributed by atoms with E-state index in [1.807, 2.05) is 19.1 Å². The Morgan fingerprint density at radius 3 is 2.84 bits per heavy atom. The van der Waals surface area contributed by atoms with Gasteiger partial charge in [0, 0.05) is 30.6 Å². The van der Waals surface area contributed by atoms with E-state index in [1.165, 1.54) is 0 Å². The van der Waals surface area contributed by atoms with Gasteiger partial charge in [-0.25, -0.2) is 4.79 Å². The van der Waals surface area contributed by atoms with Crippen LogP contribution >= 0.6 is 0 Å². The molecule has 0 bridgehead atoms. The van der Waals surface area contributed by atoms with Crippen molar-refractivity contribution in [2.24, 2.45) is 5.92 Å². The van der Waals surface area contributed by atoms with E-state index in [0.29, 0.717) is 17.3 Å². The normalized spacial score (nSPS) is 17.7. The van der Waals surface area contributed by atoms with Gasteiger partial charge in [-0.05, 0) is 43.9 Å². The monoisotopic (exact) mass is 263 g/mol. The predicted molar refractivity (Wildman–Crippen MR) is 76.0 cm³/mol. The van der Waals surface area contributed by atoms with E-state index in [9.17, 15) is 4.79 Å². The minimum atomic E-state index is -0.190. The Morgan fingerprint density at radius 1 is 1.42 bits per heavy atom. The number of carbonyl (C=O) groups excluding carboxylic acids is 1. The molecule has 5 nitrogen and oxygen atoms in total. The van der Waals surface area contributed by atoms with Crippen molar-refractivity contribution in [1.29, 1.82) is 0 Å². The molecule has 1 saturated heterocycles. The van der Waals surface area contributed by atoms with Crippen LogP contribution in [0.4, 0.5) is 16.2 Å². The fourth-order valence-electron chi connectivity index (χ4n) is 2.32. The Bertz CT molecular complexity index is 430. The number of hydrogen-bond acceptors (Lipinski definition) is 3. The molecular formula is C14H21N3O2. The molecule has 1 aromatic carbocycles. The quantitative estimate of drug-likeness (QED) is 0.732. The first kappa shape index (κ1) is 13.7. The van der Waals surface area contributed by atoms with Crippen LogP contribution in [0, 0.1) is 5.92 Å². The van der Waals surface area contributed by atoms with E-state index in [2.05, 4.69) is 10.6 Å². The summed E-state index contributed by atoms with van der Waals surface area (Å²) in [7, 11) is 0. The second-order valence-corrected chi connectivity index (χ2v) is 4.96. The van der Waals surface area contributed by atoms with Crippen LogP contribution in [0.3, 0.4) is 0 Å². The third kappa shape index (κ3) is 4.13. The zero-order valence-corrected chi connectivity index (χ0v) is 11.2. The van der Waals surface area contributed by atoms with Gasteiger partial charge in [-0.2, -0.15) is 0 Å². The molecule has 1 atom stereocenters. The van der Waals surface area contributed by atoms with E-state index < -0.39 is 0 Å². The minimum absolute atomic E-state index is 0.143. The molecule has 1 aliphatic rings. The van der Waals surface area contributed by atoms with Crippen molar-refractivity contribution in [3.63, 3.8) is 0 Å². The maximum atomic E-state index is 11.9. The first-order valence-electron chi connectivity index (χ1n) is 6.66. The minimum Gasteiger partial charge on any atom is -0.399 e. The van der Waals surface area contributed by atoms with Crippen molar-refractivity contribution in [2.45, 2.75) is 25.8 Å². The number of hydrogen-bond donors (Lipinski definition) is 3. The molecular weight excluding hydrogens is 242 g/mol. The number of amides is 2. The van der Waals surface area contributed by atoms with Gasteiger partial charge in [0.1, 0.15) is 0 Å². The van der Waals surface area contributed by atoms with Gasteiger partial charge >= 0.3 is 6.03 Å². The molecule has 2 rings (SSSR count). The standard InChI is InChI=1S/C14H21N3O2/c1-10(11-5-7-19-8-6-11)16-14(18)17-13-4-2-3-12(15)9-13/h2-4,9-11H,5-8,15H2,1H3,(H2,16,17,18). The molecule has 1 aliphatic heterocycles. The molecule has 0 saturated carbocycles. The number of nitrogens with two attached hydrogens (primary N) is 1. The predicted octanol–water partition coefficient (Wildman–Crippen LogP) is 2.21. The van der Waals surface area contributed by atoms with Crippen LogP contribution in [0.25, 0.3) is 0 Å². The number of nitrogens with one attached hydrogen (secondary N) is 2. The molecule has 0 spiro atoms. The SMILES string of the molecule is CC(NC(=O)Nc1cccc(N)c1)C1CCOCC1. The van der Waals surface area contributed by atoms with E-state index in [1.54, 1.807) is 12.1 Å². The molecule has 1 aromatic rings. The fraction of sp³-hybridized carbons (Fsp3) is 0.500. The summed E-state index contributed by atoms with van der Waals surface area (Å²) in [5.74, 6) is 0.486. The first-order valence-corrected chi connectivity index (χ1v) is 6.66. The van der Waals surface area contributed by atoms with Gasteiger partial charge in [0.25, 0.3) is 0 Å². The Labute approximate surface area is 113 Å². The van der Waals surface area contributed by atoms with Crippen LogP contribution in [0.1, 0.15) is 19.8 Å². The molecule has 5 heteroatoms. The molecule has 1 heterocycles. The molecule has 0 radical (unpaired) electrons. The van der Waals surface area contributed by atoms with Crippen LogP contribution in [0.5, 0.6) is 0 Å². The zero-order valence-electron chi connectivity index (χ0n) is 11.2. The number of anilines is 2. The maximum absolute atomic E-state index is 11.9. The van der Waals surface area contributed by atoms with Crippen LogP contribution in [0.15, 0.2) is 24.3 Å². The Balaban J connectivity index is 1.83. The Hall–Kier alpha value is -1.75. The topological polar surface area (TPSA) is 76.4 Å². The van der Waals surface area contributed by atoms with Crippen LogP contribution in [0.2, 0.25) is 0 Å². The zero-order chi connectivity index (χ0) is 13.7. The van der Waals surface area contributed by atoms with Crippen molar-refractivity contribution < 1.29 is 9.53 Å². The maximum Gasteiger partial charge on any atom is 0.319 e. The smallest absolute Gasteiger partial charge is 0.319 e. The molecule has 0 aromatic heterocycles. The Kier molecular flexibility index (Phi) is 4.63. The van der Waals surface area contributed by atoms with Gasteiger partial charge in [-0.15, -0.1) is 0 Å². The molecule has 1 unspecified atom stereocenters. The number of ether oxygens (including phenoxy) is 1. The van der Waals surface area contributed by atoms with E-state index in [0.717, 1.165) is 26.1 Å². The van der Waals surface area contributed by atoms with E-state index >= 15 is 0 Å². The highest BCUT2D eigenvalue weighted by molar-refractivity contribution is 5.89. The van der Waals surface area contributed by atoms with Crippen molar-refractivity contribution in [3.8, 4) is 0 Å². The van der Waals surface area contributed by atoms with Crippen molar-refractivity contribution in [2.75, 3.05) is 24.3 Å². The molecule has 1 fully saturated rings. The van der Waals surface area contributed by atoms with Crippen LogP contribution < -0.4 is 16.4 Å². The summed E-state index contributed by atoms with van der Waals surface area (Å²) in [5, 5.41) is 5.76. The van der Waals surface area contributed by atoms with Gasteiger partial charge in [-0.1, -0.05) is 6.07 Å². The summed E-state index contributed by atoms with van der Waals surface area (Å²) in [6.07, 6.45) is 2.00. The van der Waals surface area contributed by atoms with Gasteiger partial charge in [0.05, 0.1) is 0 Å². The molecule has 4 N–H and O–H groups in total. The number of benzene rings is 1. The highest BCUT2D eigenvalue weighted by Crippen LogP contribution is 2.18. The van der Waals surface area contributed by atoms with Crippen molar-refractivity contribution in [1.82, 2.24) is 5.32 Å². The number of urea groups is 1. The molecule has 0 aliphatic carbocycles. The molecule has 104 valence electrons. The van der Waals surface area contributed by atoms with Crippen LogP contribution in [-0.2, 0) is 4.74 Å². The first-order chi connectivity index (χ1) is 9.15. The lowest BCUT2D eigenvalue weighted by Crippen LogP contribution is -2.42. The highest BCUT2D eigenvalue weighted by Gasteiger charge is 2.21. The van der Waals surface area contributed by atoms with Crippen LogP contribution in [-0.4, -0.2) is 25.3 Å². The number of rotatable bonds is 3. The van der Waals surface area contributed by atoms with Gasteiger partial charge < -0.3 is 21.1 Å². The summed E-state index contributed by atoms with van der Waals surface area (Å²) in [4.78, 5) is 11.9. The van der Waals surface area contributed by atoms with Crippen molar-refractivity contribution in [3.05, 3.63) is 24.3 Å². The molecule has 2 amide bonds. The number of carbonyl (C=O) groups is 1. The van der Waals surface area contributed by atoms with Gasteiger partial charge in [0.2, 0.25) is 0 Å². The van der Waals surface area contributed by atoms with Gasteiger partial charge in [0.15, 0.2) is 0 Å². The highest BCUT2D eigenvalue weighted by atomic mass is 16.5. The largest absolute Gasteiger partial charge is 0.399 e. The third-order valence-electron chi connectivity index (χ3n) is 3.48. The van der Waals surface area contributed by atoms with E-state index in [-0.39, 0.29) is 12.1 Å². The summed E-state index contributed by atoms with van der Waals surface area (Å²) < 4.78 is 5.32. The molecule has 19 heavy (non-hydrogen) atoms. The van der Waals surface area contributed by atoms with Crippen molar-refractivity contribution >= 4 is 17.4 Å².